The lowest BCUT2D eigenvalue weighted by atomic mass is 9.97. The highest BCUT2D eigenvalue weighted by Gasteiger charge is 2.47. The van der Waals surface area contributed by atoms with Crippen LogP contribution in [0.1, 0.15) is 39.0 Å². The molecule has 0 spiro atoms. The van der Waals surface area contributed by atoms with Crippen molar-refractivity contribution in [2.75, 3.05) is 40.0 Å². The van der Waals surface area contributed by atoms with Crippen LogP contribution in [0.25, 0.3) is 0 Å². The van der Waals surface area contributed by atoms with E-state index in [4.69, 9.17) is 9.47 Å². The lowest BCUT2D eigenvalue weighted by molar-refractivity contribution is -0.148. The predicted octanol–water partition coefficient (Wildman–Crippen LogP) is 1.17. The van der Waals surface area contributed by atoms with Gasteiger partial charge in [0, 0.05) is 25.7 Å². The molecular weight excluding hydrogens is 256 g/mol. The van der Waals surface area contributed by atoms with Crippen LogP contribution < -0.4 is 5.32 Å². The zero-order valence-corrected chi connectivity index (χ0v) is 12.8. The number of esters is 1. The number of rotatable bonds is 5. The molecule has 2 atom stereocenters. The van der Waals surface area contributed by atoms with Gasteiger partial charge in [-0.1, -0.05) is 6.92 Å². The molecule has 1 heterocycles. The molecule has 20 heavy (non-hydrogen) atoms. The van der Waals surface area contributed by atoms with Crippen LogP contribution in [0.15, 0.2) is 0 Å². The summed E-state index contributed by atoms with van der Waals surface area (Å²) in [7, 11) is 1.49. The maximum Gasteiger partial charge on any atom is 0.326 e. The van der Waals surface area contributed by atoms with Crippen LogP contribution in [0.3, 0.4) is 0 Å². The minimum atomic E-state index is -0.470. The van der Waals surface area contributed by atoms with Gasteiger partial charge in [0.1, 0.15) is 5.54 Å². The Hall–Kier alpha value is -0.650. The Morgan fingerprint density at radius 2 is 2.30 bits per heavy atom. The number of methoxy groups -OCH3 is 1. The van der Waals surface area contributed by atoms with Gasteiger partial charge in [-0.15, -0.1) is 0 Å². The molecule has 0 aromatic rings. The smallest absolute Gasteiger partial charge is 0.326 e. The number of ether oxygens (including phenoxy) is 2. The molecule has 0 radical (unpaired) electrons. The molecule has 116 valence electrons. The molecule has 1 aliphatic heterocycles. The molecule has 1 saturated heterocycles. The summed E-state index contributed by atoms with van der Waals surface area (Å²) < 4.78 is 10.6. The van der Waals surface area contributed by atoms with Crippen LogP contribution in [-0.2, 0) is 14.3 Å². The van der Waals surface area contributed by atoms with E-state index in [0.29, 0.717) is 6.04 Å². The average Bonchev–Trinajstić information content (AvgIpc) is 2.72. The molecule has 2 rings (SSSR count). The average molecular weight is 284 g/mol. The van der Waals surface area contributed by atoms with E-state index >= 15 is 0 Å². The Kier molecular flexibility index (Phi) is 5.81. The molecule has 0 bridgehead atoms. The number of hydrogen-bond donors (Lipinski definition) is 1. The third-order valence-corrected chi connectivity index (χ3v) is 4.55. The molecule has 1 aliphatic carbocycles. The van der Waals surface area contributed by atoms with E-state index in [-0.39, 0.29) is 5.97 Å². The molecular formula is C15H28N2O3. The Labute approximate surface area is 122 Å². The van der Waals surface area contributed by atoms with Crippen molar-refractivity contribution in [1.82, 2.24) is 10.2 Å². The molecule has 2 fully saturated rings. The molecule has 2 unspecified atom stereocenters. The molecule has 0 aromatic carbocycles. The lowest BCUT2D eigenvalue weighted by Gasteiger charge is -2.31. The van der Waals surface area contributed by atoms with Crippen molar-refractivity contribution in [2.45, 2.75) is 50.6 Å². The Balaban J connectivity index is 2.00. The van der Waals surface area contributed by atoms with E-state index in [1.807, 2.05) is 0 Å². The van der Waals surface area contributed by atoms with Gasteiger partial charge in [0.2, 0.25) is 0 Å². The first-order valence-corrected chi connectivity index (χ1v) is 7.87. The van der Waals surface area contributed by atoms with E-state index in [1.165, 1.54) is 7.11 Å². The maximum atomic E-state index is 12.2. The van der Waals surface area contributed by atoms with Crippen molar-refractivity contribution in [3.8, 4) is 0 Å². The van der Waals surface area contributed by atoms with Crippen molar-refractivity contribution in [3.63, 3.8) is 0 Å². The summed E-state index contributed by atoms with van der Waals surface area (Å²) in [4.78, 5) is 14.7. The highest BCUT2D eigenvalue weighted by Crippen LogP contribution is 2.34. The zero-order valence-electron chi connectivity index (χ0n) is 12.8. The number of nitrogens with one attached hydrogen (secondary N) is 1. The third-order valence-electron chi connectivity index (χ3n) is 4.55. The SMILES string of the molecule is CCCNC1(C(=O)OC)CCC(N2CCCOCC2)C1. The van der Waals surface area contributed by atoms with Crippen molar-refractivity contribution in [2.24, 2.45) is 0 Å². The maximum absolute atomic E-state index is 12.2. The zero-order chi connectivity index (χ0) is 14.4. The molecule has 5 heteroatoms. The van der Waals surface area contributed by atoms with E-state index in [9.17, 15) is 4.79 Å². The lowest BCUT2D eigenvalue weighted by Crippen LogP contribution is -2.52. The van der Waals surface area contributed by atoms with Crippen LogP contribution >= 0.6 is 0 Å². The highest BCUT2D eigenvalue weighted by atomic mass is 16.5. The molecule has 0 amide bonds. The van der Waals surface area contributed by atoms with Crippen molar-refractivity contribution in [3.05, 3.63) is 0 Å². The van der Waals surface area contributed by atoms with E-state index in [2.05, 4.69) is 17.1 Å². The molecule has 1 saturated carbocycles. The predicted molar refractivity (Wildman–Crippen MR) is 77.7 cm³/mol. The van der Waals surface area contributed by atoms with E-state index < -0.39 is 5.54 Å². The van der Waals surface area contributed by atoms with Crippen molar-refractivity contribution >= 4 is 5.97 Å². The van der Waals surface area contributed by atoms with Crippen LogP contribution in [-0.4, -0.2) is 62.4 Å². The monoisotopic (exact) mass is 284 g/mol. The quantitative estimate of drug-likeness (QED) is 0.768. The summed E-state index contributed by atoms with van der Waals surface area (Å²) in [5.41, 5.74) is -0.470. The minimum absolute atomic E-state index is 0.0977. The normalized spacial score (nSPS) is 32.0. The first-order valence-electron chi connectivity index (χ1n) is 7.87. The summed E-state index contributed by atoms with van der Waals surface area (Å²) in [6.45, 7) is 6.72. The van der Waals surface area contributed by atoms with Crippen molar-refractivity contribution in [1.29, 1.82) is 0 Å². The summed E-state index contributed by atoms with van der Waals surface area (Å²) in [5, 5.41) is 3.45. The number of nitrogens with zero attached hydrogens (tertiary/aromatic N) is 1. The van der Waals surface area contributed by atoms with Gasteiger partial charge in [-0.2, -0.15) is 0 Å². The molecule has 5 nitrogen and oxygen atoms in total. The van der Waals surface area contributed by atoms with E-state index in [1.54, 1.807) is 0 Å². The van der Waals surface area contributed by atoms with Gasteiger partial charge in [-0.05, 0) is 38.6 Å². The largest absolute Gasteiger partial charge is 0.468 e. The summed E-state index contributed by atoms with van der Waals surface area (Å²) in [5.74, 6) is -0.0977. The van der Waals surface area contributed by atoms with Gasteiger partial charge in [0.25, 0.3) is 0 Å². The van der Waals surface area contributed by atoms with E-state index in [0.717, 1.165) is 65.0 Å². The number of carbonyl (C=O) groups excluding carboxylic acids is 1. The van der Waals surface area contributed by atoms with Gasteiger partial charge in [-0.3, -0.25) is 9.69 Å². The number of carbonyl (C=O) groups is 1. The van der Waals surface area contributed by atoms with Gasteiger partial charge in [0.05, 0.1) is 13.7 Å². The van der Waals surface area contributed by atoms with Crippen LogP contribution in [0, 0.1) is 0 Å². The second-order valence-corrected chi connectivity index (χ2v) is 5.90. The standard InChI is InChI=1S/C15H28N2O3/c1-3-7-16-15(14(18)19-2)6-5-13(12-15)17-8-4-10-20-11-9-17/h13,16H,3-12H2,1-2H3. The Bertz CT molecular complexity index is 316. The summed E-state index contributed by atoms with van der Waals surface area (Å²) in [6.07, 6.45) is 4.91. The summed E-state index contributed by atoms with van der Waals surface area (Å²) >= 11 is 0. The fraction of sp³-hybridized carbons (Fsp3) is 0.933. The van der Waals surface area contributed by atoms with Gasteiger partial charge in [0.15, 0.2) is 0 Å². The highest BCUT2D eigenvalue weighted by molar-refractivity contribution is 5.81. The van der Waals surface area contributed by atoms with Gasteiger partial charge >= 0.3 is 5.97 Å². The minimum Gasteiger partial charge on any atom is -0.468 e. The van der Waals surface area contributed by atoms with Gasteiger partial charge in [-0.25, -0.2) is 0 Å². The molecule has 0 aromatic heterocycles. The fourth-order valence-corrected chi connectivity index (χ4v) is 3.44. The second kappa shape index (κ2) is 7.38. The first kappa shape index (κ1) is 15.7. The second-order valence-electron chi connectivity index (χ2n) is 5.90. The van der Waals surface area contributed by atoms with Gasteiger partial charge < -0.3 is 14.8 Å². The molecule has 1 N–H and O–H groups in total. The van der Waals surface area contributed by atoms with Crippen LogP contribution in [0.2, 0.25) is 0 Å². The third kappa shape index (κ3) is 3.51. The first-order chi connectivity index (χ1) is 9.72. The number of hydrogen-bond acceptors (Lipinski definition) is 5. The summed E-state index contributed by atoms with van der Waals surface area (Å²) in [6, 6.07) is 0.472. The Morgan fingerprint density at radius 1 is 1.45 bits per heavy atom. The van der Waals surface area contributed by atoms with Crippen molar-refractivity contribution < 1.29 is 14.3 Å². The molecule has 2 aliphatic rings. The topological polar surface area (TPSA) is 50.8 Å². The fourth-order valence-electron chi connectivity index (χ4n) is 3.44. The van der Waals surface area contributed by atoms with Crippen LogP contribution in [0.4, 0.5) is 0 Å². The van der Waals surface area contributed by atoms with Crippen LogP contribution in [0.5, 0.6) is 0 Å². The Morgan fingerprint density at radius 3 is 3.05 bits per heavy atom.